The summed E-state index contributed by atoms with van der Waals surface area (Å²) in [6, 6.07) is 6.79. The van der Waals surface area contributed by atoms with Crippen LogP contribution in [0.3, 0.4) is 0 Å². The van der Waals surface area contributed by atoms with Crippen molar-refractivity contribution in [1.82, 2.24) is 10.3 Å². The highest BCUT2D eigenvalue weighted by molar-refractivity contribution is 6.30. The molecule has 2 nitrogen and oxygen atoms in total. The fourth-order valence-electron chi connectivity index (χ4n) is 2.20. The fourth-order valence-corrected chi connectivity index (χ4v) is 2.38. The van der Waals surface area contributed by atoms with Gasteiger partial charge < -0.3 is 5.32 Å². The molecule has 1 heterocycles. The minimum absolute atomic E-state index is 0.146. The van der Waals surface area contributed by atoms with Crippen LogP contribution in [-0.2, 0) is 0 Å². The summed E-state index contributed by atoms with van der Waals surface area (Å²) in [5.74, 6) is -0.369. The molecule has 0 aliphatic heterocycles. The molecule has 0 saturated heterocycles. The molecule has 106 valence electrons. The van der Waals surface area contributed by atoms with Gasteiger partial charge >= 0.3 is 0 Å². The fraction of sp³-hybridized carbons (Fsp3) is 0.312. The number of hydrogen-bond acceptors (Lipinski definition) is 2. The number of nitrogens with zero attached hydrogens (tertiary/aromatic N) is 1. The van der Waals surface area contributed by atoms with Crippen LogP contribution in [-0.4, -0.2) is 11.5 Å². The third-order valence-electron chi connectivity index (χ3n) is 3.28. The van der Waals surface area contributed by atoms with Gasteiger partial charge in [-0.3, -0.25) is 4.98 Å². The highest BCUT2D eigenvalue weighted by Crippen LogP contribution is 2.29. The maximum Gasteiger partial charge on any atom is 0.146 e. The van der Waals surface area contributed by atoms with Crippen molar-refractivity contribution in [2.45, 2.75) is 26.3 Å². The second-order valence-corrected chi connectivity index (χ2v) is 5.17. The smallest absolute Gasteiger partial charge is 0.146 e. The standard InChI is InChI=1S/C16H18ClFN2/c1-3-8-20-16(13-10-19-9-7-11(13)2)12-5-4-6-14(17)15(12)18/h4-7,9-10,16,20H,3,8H2,1-2H3. The molecule has 1 atom stereocenters. The molecule has 1 unspecified atom stereocenters. The highest BCUT2D eigenvalue weighted by Gasteiger charge is 2.20. The van der Waals surface area contributed by atoms with Gasteiger partial charge in [-0.25, -0.2) is 4.39 Å². The molecular weight excluding hydrogens is 275 g/mol. The molecule has 1 N–H and O–H groups in total. The number of nitrogens with one attached hydrogen (secondary N) is 1. The van der Waals surface area contributed by atoms with Crippen molar-refractivity contribution in [3.8, 4) is 0 Å². The first kappa shape index (κ1) is 14.9. The van der Waals surface area contributed by atoms with Crippen molar-refractivity contribution in [2.24, 2.45) is 0 Å². The zero-order valence-electron chi connectivity index (χ0n) is 11.7. The van der Waals surface area contributed by atoms with Gasteiger partial charge in [-0.15, -0.1) is 0 Å². The number of rotatable bonds is 5. The summed E-state index contributed by atoms with van der Waals surface area (Å²) in [7, 11) is 0. The summed E-state index contributed by atoms with van der Waals surface area (Å²) in [5.41, 5.74) is 2.61. The lowest BCUT2D eigenvalue weighted by atomic mass is 9.96. The van der Waals surface area contributed by atoms with Crippen LogP contribution in [0, 0.1) is 12.7 Å². The van der Waals surface area contributed by atoms with Crippen LogP contribution in [0.5, 0.6) is 0 Å². The number of halogens is 2. The minimum Gasteiger partial charge on any atom is -0.306 e. The van der Waals surface area contributed by atoms with Crippen LogP contribution in [0.2, 0.25) is 5.02 Å². The van der Waals surface area contributed by atoms with Crippen LogP contribution >= 0.6 is 11.6 Å². The predicted molar refractivity (Wildman–Crippen MR) is 80.5 cm³/mol. The second kappa shape index (κ2) is 6.82. The lowest BCUT2D eigenvalue weighted by Gasteiger charge is -2.21. The molecule has 0 bridgehead atoms. The van der Waals surface area contributed by atoms with E-state index >= 15 is 0 Å². The van der Waals surface area contributed by atoms with E-state index in [0.717, 1.165) is 24.1 Å². The van der Waals surface area contributed by atoms with Gasteiger partial charge in [0.15, 0.2) is 0 Å². The van der Waals surface area contributed by atoms with Crippen LogP contribution in [0.4, 0.5) is 4.39 Å². The number of aryl methyl sites for hydroxylation is 1. The van der Waals surface area contributed by atoms with E-state index in [-0.39, 0.29) is 16.9 Å². The Morgan fingerprint density at radius 3 is 2.80 bits per heavy atom. The first-order valence-corrected chi connectivity index (χ1v) is 7.10. The van der Waals surface area contributed by atoms with Crippen molar-refractivity contribution >= 4 is 11.6 Å². The average Bonchev–Trinajstić information content (AvgIpc) is 2.45. The Hall–Kier alpha value is -1.45. The summed E-state index contributed by atoms with van der Waals surface area (Å²) in [6.45, 7) is 4.87. The quantitative estimate of drug-likeness (QED) is 0.890. The van der Waals surface area contributed by atoms with Gasteiger partial charge in [-0.2, -0.15) is 0 Å². The van der Waals surface area contributed by atoms with E-state index in [2.05, 4.69) is 17.2 Å². The van der Waals surface area contributed by atoms with Crippen molar-refractivity contribution < 1.29 is 4.39 Å². The lowest BCUT2D eigenvalue weighted by molar-refractivity contribution is 0.545. The van der Waals surface area contributed by atoms with Crippen molar-refractivity contribution in [3.05, 3.63) is 64.2 Å². The van der Waals surface area contributed by atoms with Gasteiger partial charge in [0.2, 0.25) is 0 Å². The maximum absolute atomic E-state index is 14.3. The molecule has 1 aromatic heterocycles. The average molecular weight is 293 g/mol. The third kappa shape index (κ3) is 3.17. The predicted octanol–water partition coefficient (Wildman–Crippen LogP) is 4.27. The summed E-state index contributed by atoms with van der Waals surface area (Å²) >= 11 is 5.90. The number of pyridine rings is 1. The summed E-state index contributed by atoms with van der Waals surface area (Å²) < 4.78 is 14.3. The van der Waals surface area contributed by atoms with E-state index in [9.17, 15) is 4.39 Å². The highest BCUT2D eigenvalue weighted by atomic mass is 35.5. The summed E-state index contributed by atoms with van der Waals surface area (Å²) in [5, 5.41) is 3.52. The molecule has 0 spiro atoms. The molecule has 2 aromatic rings. The Bertz CT molecular complexity index is 586. The van der Waals surface area contributed by atoms with Crippen LogP contribution in [0.1, 0.15) is 36.1 Å². The van der Waals surface area contributed by atoms with Crippen molar-refractivity contribution in [1.29, 1.82) is 0 Å². The van der Waals surface area contributed by atoms with Gasteiger partial charge in [0, 0.05) is 18.0 Å². The molecule has 20 heavy (non-hydrogen) atoms. The van der Waals surface area contributed by atoms with Gasteiger partial charge in [0.25, 0.3) is 0 Å². The number of hydrogen-bond donors (Lipinski definition) is 1. The molecule has 0 radical (unpaired) electrons. The summed E-state index contributed by atoms with van der Waals surface area (Å²) in [6.07, 6.45) is 4.49. The Morgan fingerprint density at radius 2 is 2.10 bits per heavy atom. The van der Waals surface area contributed by atoms with Gasteiger partial charge in [0.1, 0.15) is 5.82 Å². The zero-order chi connectivity index (χ0) is 14.5. The van der Waals surface area contributed by atoms with E-state index in [0.29, 0.717) is 5.56 Å². The Labute approximate surface area is 124 Å². The third-order valence-corrected chi connectivity index (χ3v) is 3.57. The molecule has 1 aromatic carbocycles. The first-order chi connectivity index (χ1) is 9.65. The Kier molecular flexibility index (Phi) is 5.10. The van der Waals surface area contributed by atoms with E-state index in [4.69, 9.17) is 11.6 Å². The molecule has 0 fully saturated rings. The normalized spacial score (nSPS) is 12.4. The molecule has 2 rings (SSSR count). The van der Waals surface area contributed by atoms with E-state index in [1.165, 1.54) is 0 Å². The van der Waals surface area contributed by atoms with Crippen molar-refractivity contribution in [3.63, 3.8) is 0 Å². The Balaban J connectivity index is 2.47. The molecular formula is C16H18ClFN2. The van der Waals surface area contributed by atoms with Gasteiger partial charge in [0.05, 0.1) is 11.1 Å². The number of benzene rings is 1. The SMILES string of the molecule is CCCNC(c1cnccc1C)c1cccc(Cl)c1F. The molecule has 0 aliphatic rings. The molecule has 0 aliphatic carbocycles. The monoisotopic (exact) mass is 292 g/mol. The summed E-state index contributed by atoms with van der Waals surface area (Å²) in [4.78, 5) is 4.16. The maximum atomic E-state index is 14.3. The van der Waals surface area contributed by atoms with Crippen LogP contribution < -0.4 is 5.32 Å². The zero-order valence-corrected chi connectivity index (χ0v) is 12.4. The van der Waals surface area contributed by atoms with E-state index < -0.39 is 0 Å². The minimum atomic E-state index is -0.369. The molecule has 4 heteroatoms. The van der Waals surface area contributed by atoms with Gasteiger partial charge in [-0.1, -0.05) is 30.7 Å². The Morgan fingerprint density at radius 1 is 1.30 bits per heavy atom. The van der Waals surface area contributed by atoms with Crippen LogP contribution in [0.15, 0.2) is 36.7 Å². The molecule has 0 saturated carbocycles. The molecule has 0 amide bonds. The first-order valence-electron chi connectivity index (χ1n) is 6.73. The lowest BCUT2D eigenvalue weighted by Crippen LogP contribution is -2.25. The largest absolute Gasteiger partial charge is 0.306 e. The number of aromatic nitrogens is 1. The van der Waals surface area contributed by atoms with E-state index in [1.807, 2.05) is 13.0 Å². The topological polar surface area (TPSA) is 24.9 Å². The van der Waals surface area contributed by atoms with E-state index in [1.54, 1.807) is 30.6 Å². The van der Waals surface area contributed by atoms with Gasteiger partial charge in [-0.05, 0) is 43.1 Å². The second-order valence-electron chi connectivity index (χ2n) is 4.76. The van der Waals surface area contributed by atoms with Crippen molar-refractivity contribution in [2.75, 3.05) is 6.54 Å². The van der Waals surface area contributed by atoms with Crippen LogP contribution in [0.25, 0.3) is 0 Å².